The first-order valence-corrected chi connectivity index (χ1v) is 9.50. The molecule has 1 aliphatic carbocycles. The molecular weight excluding hydrogens is 288 g/mol. The maximum absolute atomic E-state index is 12.4. The van der Waals surface area contributed by atoms with Crippen LogP contribution in [-0.4, -0.2) is 41.3 Å². The molecule has 1 saturated heterocycles. The first-order chi connectivity index (χ1) is 10.7. The zero-order chi connectivity index (χ0) is 17.0. The fourth-order valence-electron chi connectivity index (χ4n) is 3.95. The largest absolute Gasteiger partial charge is 0.444 e. The van der Waals surface area contributed by atoms with Crippen molar-refractivity contribution in [2.45, 2.75) is 103 Å². The molecule has 0 aromatic rings. The molecule has 2 atom stereocenters. The Kier molecular flexibility index (Phi) is 6.35. The van der Waals surface area contributed by atoms with Crippen molar-refractivity contribution >= 4 is 6.09 Å². The van der Waals surface area contributed by atoms with Gasteiger partial charge < -0.3 is 15.0 Å². The standard InChI is InChI=1S/C19H36N2O2/c1-14-8-10-16(11-9-14)20-15(2)13-17-7-6-12-21(17)18(22)23-19(3,4)5/h14-17,20H,6-13H2,1-5H3. The maximum Gasteiger partial charge on any atom is 0.410 e. The number of amides is 1. The van der Waals surface area contributed by atoms with Gasteiger partial charge in [0.15, 0.2) is 0 Å². The van der Waals surface area contributed by atoms with Crippen molar-refractivity contribution in [1.29, 1.82) is 0 Å². The van der Waals surface area contributed by atoms with E-state index in [1.54, 1.807) is 0 Å². The topological polar surface area (TPSA) is 41.6 Å². The quantitative estimate of drug-likeness (QED) is 0.836. The van der Waals surface area contributed by atoms with E-state index < -0.39 is 5.60 Å². The highest BCUT2D eigenvalue weighted by atomic mass is 16.6. The summed E-state index contributed by atoms with van der Waals surface area (Å²) in [6.07, 6.45) is 8.38. The molecule has 1 N–H and O–H groups in total. The Morgan fingerprint density at radius 1 is 1.22 bits per heavy atom. The SMILES string of the molecule is CC1CCC(NC(C)CC2CCCN2C(=O)OC(C)(C)C)CC1. The van der Waals surface area contributed by atoms with E-state index in [2.05, 4.69) is 19.2 Å². The van der Waals surface area contributed by atoms with Gasteiger partial charge in [-0.1, -0.05) is 6.92 Å². The second-order valence-corrected chi connectivity index (χ2v) is 8.73. The Bertz CT molecular complexity index is 383. The summed E-state index contributed by atoms with van der Waals surface area (Å²) in [5, 5.41) is 3.80. The van der Waals surface area contributed by atoms with Crippen LogP contribution in [0.25, 0.3) is 0 Å². The number of likely N-dealkylation sites (tertiary alicyclic amines) is 1. The number of rotatable bonds is 4. The van der Waals surface area contributed by atoms with Gasteiger partial charge in [0.2, 0.25) is 0 Å². The Balaban J connectivity index is 1.79. The van der Waals surface area contributed by atoms with E-state index in [-0.39, 0.29) is 6.09 Å². The average molecular weight is 325 g/mol. The second kappa shape index (κ2) is 7.87. The third kappa shape index (κ3) is 5.98. The molecule has 2 fully saturated rings. The summed E-state index contributed by atoms with van der Waals surface area (Å²) in [4.78, 5) is 14.3. The Labute approximate surface area is 142 Å². The van der Waals surface area contributed by atoms with Gasteiger partial charge in [-0.15, -0.1) is 0 Å². The van der Waals surface area contributed by atoms with Crippen LogP contribution in [-0.2, 0) is 4.74 Å². The van der Waals surface area contributed by atoms with Crippen molar-refractivity contribution in [2.24, 2.45) is 5.92 Å². The molecule has 4 heteroatoms. The summed E-state index contributed by atoms with van der Waals surface area (Å²) in [5.41, 5.74) is -0.410. The molecule has 0 radical (unpaired) electrons. The van der Waals surface area contributed by atoms with Gasteiger partial charge in [-0.3, -0.25) is 0 Å². The van der Waals surface area contributed by atoms with E-state index in [0.29, 0.717) is 18.1 Å². The predicted molar refractivity (Wildman–Crippen MR) is 94.6 cm³/mol. The summed E-state index contributed by atoms with van der Waals surface area (Å²) in [6, 6.07) is 1.45. The first-order valence-electron chi connectivity index (χ1n) is 9.50. The molecule has 1 heterocycles. The van der Waals surface area contributed by atoms with E-state index in [4.69, 9.17) is 4.74 Å². The van der Waals surface area contributed by atoms with E-state index in [1.165, 1.54) is 25.7 Å². The fraction of sp³-hybridized carbons (Fsp3) is 0.947. The van der Waals surface area contributed by atoms with Crippen LogP contribution in [0.3, 0.4) is 0 Å². The minimum Gasteiger partial charge on any atom is -0.444 e. The van der Waals surface area contributed by atoms with Crippen molar-refractivity contribution in [3.8, 4) is 0 Å². The number of nitrogens with zero attached hydrogens (tertiary/aromatic N) is 1. The number of carbonyl (C=O) groups is 1. The predicted octanol–water partition coefficient (Wildman–Crippen LogP) is 4.33. The maximum atomic E-state index is 12.4. The van der Waals surface area contributed by atoms with Gasteiger partial charge in [-0.05, 0) is 78.6 Å². The van der Waals surface area contributed by atoms with Gasteiger partial charge in [0.25, 0.3) is 0 Å². The van der Waals surface area contributed by atoms with Crippen molar-refractivity contribution in [3.05, 3.63) is 0 Å². The molecule has 0 aromatic heterocycles. The number of hydrogen-bond donors (Lipinski definition) is 1. The zero-order valence-electron chi connectivity index (χ0n) is 15.7. The second-order valence-electron chi connectivity index (χ2n) is 8.73. The number of ether oxygens (including phenoxy) is 1. The van der Waals surface area contributed by atoms with Gasteiger partial charge >= 0.3 is 6.09 Å². The molecule has 1 saturated carbocycles. The van der Waals surface area contributed by atoms with Crippen LogP contribution in [0.15, 0.2) is 0 Å². The Morgan fingerprint density at radius 3 is 2.48 bits per heavy atom. The van der Waals surface area contributed by atoms with Gasteiger partial charge in [0.1, 0.15) is 5.60 Å². The van der Waals surface area contributed by atoms with Crippen molar-refractivity contribution < 1.29 is 9.53 Å². The summed E-state index contributed by atoms with van der Waals surface area (Å²) < 4.78 is 5.56. The molecule has 23 heavy (non-hydrogen) atoms. The molecule has 134 valence electrons. The van der Waals surface area contributed by atoms with Gasteiger partial charge in [0.05, 0.1) is 0 Å². The fourth-order valence-corrected chi connectivity index (χ4v) is 3.95. The molecule has 0 aromatic carbocycles. The molecule has 4 nitrogen and oxygen atoms in total. The minimum absolute atomic E-state index is 0.140. The Hall–Kier alpha value is -0.770. The highest BCUT2D eigenvalue weighted by molar-refractivity contribution is 5.68. The van der Waals surface area contributed by atoms with Crippen LogP contribution in [0.1, 0.15) is 79.6 Å². The van der Waals surface area contributed by atoms with Crippen LogP contribution in [0, 0.1) is 5.92 Å². The molecule has 1 aliphatic heterocycles. The van der Waals surface area contributed by atoms with Gasteiger partial charge in [-0.25, -0.2) is 4.79 Å². The third-order valence-corrected chi connectivity index (χ3v) is 5.17. The minimum atomic E-state index is -0.410. The van der Waals surface area contributed by atoms with E-state index in [1.807, 2.05) is 25.7 Å². The third-order valence-electron chi connectivity index (χ3n) is 5.17. The first kappa shape index (κ1) is 18.6. The molecule has 1 amide bonds. The normalized spacial score (nSPS) is 30.3. The van der Waals surface area contributed by atoms with Crippen LogP contribution in [0.5, 0.6) is 0 Å². The Morgan fingerprint density at radius 2 is 1.87 bits per heavy atom. The van der Waals surface area contributed by atoms with E-state index in [0.717, 1.165) is 31.7 Å². The van der Waals surface area contributed by atoms with Crippen molar-refractivity contribution in [2.75, 3.05) is 6.54 Å². The van der Waals surface area contributed by atoms with Crippen LogP contribution < -0.4 is 5.32 Å². The lowest BCUT2D eigenvalue weighted by Gasteiger charge is -2.33. The van der Waals surface area contributed by atoms with Crippen LogP contribution >= 0.6 is 0 Å². The molecule has 2 unspecified atom stereocenters. The lowest BCUT2D eigenvalue weighted by atomic mass is 9.87. The lowest BCUT2D eigenvalue weighted by Crippen LogP contribution is -2.45. The van der Waals surface area contributed by atoms with Crippen LogP contribution in [0.2, 0.25) is 0 Å². The summed E-state index contributed by atoms with van der Waals surface area (Å²) in [5.74, 6) is 0.890. The molecule has 2 rings (SSSR count). The number of nitrogens with one attached hydrogen (secondary N) is 1. The highest BCUT2D eigenvalue weighted by Crippen LogP contribution is 2.26. The van der Waals surface area contributed by atoms with Crippen molar-refractivity contribution in [3.63, 3.8) is 0 Å². The highest BCUT2D eigenvalue weighted by Gasteiger charge is 2.33. The van der Waals surface area contributed by atoms with E-state index in [9.17, 15) is 4.79 Å². The van der Waals surface area contributed by atoms with Crippen LogP contribution in [0.4, 0.5) is 4.79 Å². The van der Waals surface area contributed by atoms with Gasteiger partial charge in [-0.2, -0.15) is 0 Å². The molecule has 2 aliphatic rings. The smallest absolute Gasteiger partial charge is 0.410 e. The summed E-state index contributed by atoms with van der Waals surface area (Å²) in [6.45, 7) is 11.3. The monoisotopic (exact) mass is 324 g/mol. The molecule has 0 spiro atoms. The van der Waals surface area contributed by atoms with Crippen molar-refractivity contribution in [1.82, 2.24) is 10.2 Å². The summed E-state index contributed by atoms with van der Waals surface area (Å²) >= 11 is 0. The number of hydrogen-bond acceptors (Lipinski definition) is 3. The van der Waals surface area contributed by atoms with E-state index >= 15 is 0 Å². The molecular formula is C19H36N2O2. The lowest BCUT2D eigenvalue weighted by molar-refractivity contribution is 0.0213. The summed E-state index contributed by atoms with van der Waals surface area (Å²) in [7, 11) is 0. The average Bonchev–Trinajstić information content (AvgIpc) is 2.87. The zero-order valence-corrected chi connectivity index (χ0v) is 15.7. The van der Waals surface area contributed by atoms with Gasteiger partial charge in [0, 0.05) is 24.7 Å². The molecule has 0 bridgehead atoms. The number of carbonyl (C=O) groups excluding carboxylic acids is 1.